The van der Waals surface area contributed by atoms with Gasteiger partial charge in [-0.1, -0.05) is 18.2 Å². The Morgan fingerprint density at radius 2 is 1.62 bits per heavy atom. The van der Waals surface area contributed by atoms with Gasteiger partial charge in [0.05, 0.1) is 10.9 Å². The zero-order valence-corrected chi connectivity index (χ0v) is 16.9. The number of sulfonamides is 1. The molecule has 140 valence electrons. The third-order valence-electron chi connectivity index (χ3n) is 4.57. The van der Waals surface area contributed by atoms with Crippen molar-refractivity contribution in [1.82, 2.24) is 9.62 Å². The summed E-state index contributed by atoms with van der Waals surface area (Å²) in [4.78, 5) is 12.7. The molecule has 1 N–H and O–H groups in total. The number of nitrogens with zero attached hydrogens (tertiary/aromatic N) is 1. The van der Waals surface area contributed by atoms with Gasteiger partial charge in [-0.2, -0.15) is 0 Å². The van der Waals surface area contributed by atoms with Crippen LogP contribution in [-0.2, 0) is 10.0 Å². The summed E-state index contributed by atoms with van der Waals surface area (Å²) in [5.74, 6) is -0.300. The summed E-state index contributed by atoms with van der Waals surface area (Å²) in [5, 5.41) is 2.96. The molecule has 1 amide bonds. The fraction of sp³-hybridized carbons (Fsp3) is 0.350. The zero-order chi connectivity index (χ0) is 19.6. The molecule has 0 heterocycles. The summed E-state index contributed by atoms with van der Waals surface area (Å²) in [6.45, 7) is 8.05. The van der Waals surface area contributed by atoms with E-state index in [9.17, 15) is 13.2 Å². The second-order valence-electron chi connectivity index (χ2n) is 6.80. The fourth-order valence-electron chi connectivity index (χ4n) is 2.82. The first kappa shape index (κ1) is 20.1. The number of aryl methyl sites for hydroxylation is 3. The average Bonchev–Trinajstić information content (AvgIpc) is 2.57. The molecule has 0 saturated heterocycles. The quantitative estimate of drug-likeness (QED) is 0.873. The van der Waals surface area contributed by atoms with Gasteiger partial charge in [-0.05, 0) is 68.1 Å². The Balaban J connectivity index is 2.27. The van der Waals surface area contributed by atoms with Gasteiger partial charge in [0.25, 0.3) is 5.91 Å². The summed E-state index contributed by atoms with van der Waals surface area (Å²) in [7, 11) is -0.647. The lowest BCUT2D eigenvalue weighted by atomic mass is 9.96. The molecule has 1 atom stereocenters. The normalized spacial score (nSPS) is 12.9. The number of carbonyl (C=O) groups excluding carboxylic acids is 1. The van der Waals surface area contributed by atoms with E-state index in [0.717, 1.165) is 15.4 Å². The van der Waals surface area contributed by atoms with Gasteiger partial charge >= 0.3 is 0 Å². The molecule has 0 fully saturated rings. The lowest BCUT2D eigenvalue weighted by Crippen LogP contribution is -2.28. The molecule has 0 spiro atoms. The van der Waals surface area contributed by atoms with Gasteiger partial charge in [0.2, 0.25) is 10.0 Å². The Morgan fingerprint density at radius 3 is 2.23 bits per heavy atom. The van der Waals surface area contributed by atoms with Crippen LogP contribution in [0.3, 0.4) is 0 Å². The number of hydrogen-bond acceptors (Lipinski definition) is 3. The van der Waals surface area contributed by atoms with Crippen molar-refractivity contribution < 1.29 is 13.2 Å². The second-order valence-corrected chi connectivity index (χ2v) is 8.96. The molecular weight excluding hydrogens is 348 g/mol. The van der Waals surface area contributed by atoms with Gasteiger partial charge in [0, 0.05) is 19.7 Å². The summed E-state index contributed by atoms with van der Waals surface area (Å²) >= 11 is 0. The molecular formula is C20H26N2O3S. The molecule has 2 aromatic carbocycles. The van der Waals surface area contributed by atoms with E-state index >= 15 is 0 Å². The number of hydrogen-bond donors (Lipinski definition) is 1. The highest BCUT2D eigenvalue weighted by atomic mass is 32.2. The predicted molar refractivity (Wildman–Crippen MR) is 104 cm³/mol. The highest BCUT2D eigenvalue weighted by Crippen LogP contribution is 2.22. The SMILES string of the molecule is Cc1cc(C)c([C@@H](C)NC(=O)c2cccc(S(=O)(=O)N(C)C)c2)cc1C. The standard InChI is InChI=1S/C20H26N2O3S/c1-13-10-15(3)19(11-14(13)2)16(4)21-20(23)17-8-7-9-18(12-17)26(24,25)22(5)6/h7-12,16H,1-6H3,(H,21,23)/t16-/m1/s1. The molecule has 0 aliphatic carbocycles. The lowest BCUT2D eigenvalue weighted by molar-refractivity contribution is 0.0939. The summed E-state index contributed by atoms with van der Waals surface area (Å²) in [6, 6.07) is 10.1. The van der Waals surface area contributed by atoms with E-state index in [1.807, 2.05) is 20.8 Å². The molecule has 26 heavy (non-hydrogen) atoms. The molecule has 0 saturated carbocycles. The minimum atomic E-state index is -3.58. The maximum Gasteiger partial charge on any atom is 0.251 e. The van der Waals surface area contributed by atoms with Gasteiger partial charge in [-0.3, -0.25) is 4.79 Å². The van der Waals surface area contributed by atoms with Crippen molar-refractivity contribution >= 4 is 15.9 Å². The number of benzene rings is 2. The van der Waals surface area contributed by atoms with Crippen LogP contribution in [-0.4, -0.2) is 32.7 Å². The van der Waals surface area contributed by atoms with E-state index in [-0.39, 0.29) is 16.8 Å². The largest absolute Gasteiger partial charge is 0.346 e. The van der Waals surface area contributed by atoms with Crippen LogP contribution in [0.1, 0.15) is 45.6 Å². The molecule has 2 aromatic rings. The lowest BCUT2D eigenvalue weighted by Gasteiger charge is -2.19. The van der Waals surface area contributed by atoms with E-state index in [2.05, 4.69) is 24.4 Å². The summed E-state index contributed by atoms with van der Waals surface area (Å²) in [5.41, 5.74) is 4.88. The average molecular weight is 375 g/mol. The van der Waals surface area contributed by atoms with Crippen molar-refractivity contribution in [3.63, 3.8) is 0 Å². The third-order valence-corrected chi connectivity index (χ3v) is 6.38. The van der Waals surface area contributed by atoms with Crippen molar-refractivity contribution in [1.29, 1.82) is 0 Å². The van der Waals surface area contributed by atoms with Gasteiger partial charge in [0.1, 0.15) is 0 Å². The first-order valence-electron chi connectivity index (χ1n) is 8.45. The Morgan fingerprint density at radius 1 is 1.00 bits per heavy atom. The molecule has 5 nitrogen and oxygen atoms in total. The molecule has 0 radical (unpaired) electrons. The molecule has 0 aromatic heterocycles. The first-order valence-corrected chi connectivity index (χ1v) is 9.89. The minimum Gasteiger partial charge on any atom is -0.346 e. The highest BCUT2D eigenvalue weighted by molar-refractivity contribution is 7.89. The monoisotopic (exact) mass is 374 g/mol. The molecule has 2 rings (SSSR count). The maximum absolute atomic E-state index is 12.6. The molecule has 0 unspecified atom stereocenters. The van der Waals surface area contributed by atoms with Gasteiger partial charge in [-0.25, -0.2) is 12.7 Å². The van der Waals surface area contributed by atoms with Crippen LogP contribution in [0, 0.1) is 20.8 Å². The molecule has 0 aliphatic heterocycles. The van der Waals surface area contributed by atoms with E-state index in [1.165, 1.54) is 37.4 Å². The van der Waals surface area contributed by atoms with E-state index in [4.69, 9.17) is 0 Å². The number of nitrogens with one attached hydrogen (secondary N) is 1. The smallest absolute Gasteiger partial charge is 0.251 e. The minimum absolute atomic E-state index is 0.102. The zero-order valence-electron chi connectivity index (χ0n) is 16.1. The Bertz CT molecular complexity index is 934. The Kier molecular flexibility index (Phi) is 5.88. The Labute approximate surface area is 156 Å². The number of rotatable bonds is 5. The number of amides is 1. The summed E-state index contributed by atoms with van der Waals surface area (Å²) < 4.78 is 25.6. The van der Waals surface area contributed by atoms with E-state index in [1.54, 1.807) is 12.1 Å². The van der Waals surface area contributed by atoms with Crippen LogP contribution in [0.25, 0.3) is 0 Å². The third kappa shape index (κ3) is 4.14. The van der Waals surface area contributed by atoms with Crippen LogP contribution in [0.2, 0.25) is 0 Å². The maximum atomic E-state index is 12.6. The fourth-order valence-corrected chi connectivity index (χ4v) is 3.76. The van der Waals surface area contributed by atoms with Crippen LogP contribution in [0.15, 0.2) is 41.3 Å². The second kappa shape index (κ2) is 7.60. The van der Waals surface area contributed by atoms with Crippen molar-refractivity contribution in [2.45, 2.75) is 38.6 Å². The van der Waals surface area contributed by atoms with Crippen LogP contribution >= 0.6 is 0 Å². The van der Waals surface area contributed by atoms with Crippen molar-refractivity contribution in [3.8, 4) is 0 Å². The van der Waals surface area contributed by atoms with Crippen LogP contribution in [0.5, 0.6) is 0 Å². The molecule has 0 aliphatic rings. The highest BCUT2D eigenvalue weighted by Gasteiger charge is 2.20. The first-order chi connectivity index (χ1) is 12.0. The van der Waals surface area contributed by atoms with Crippen LogP contribution in [0.4, 0.5) is 0 Å². The van der Waals surface area contributed by atoms with Crippen LogP contribution < -0.4 is 5.32 Å². The van der Waals surface area contributed by atoms with E-state index in [0.29, 0.717) is 5.56 Å². The van der Waals surface area contributed by atoms with E-state index < -0.39 is 10.0 Å². The van der Waals surface area contributed by atoms with Crippen molar-refractivity contribution in [2.75, 3.05) is 14.1 Å². The van der Waals surface area contributed by atoms with Gasteiger partial charge < -0.3 is 5.32 Å². The van der Waals surface area contributed by atoms with Crippen molar-refractivity contribution in [2.24, 2.45) is 0 Å². The van der Waals surface area contributed by atoms with Gasteiger partial charge in [0.15, 0.2) is 0 Å². The topological polar surface area (TPSA) is 66.5 Å². The molecule has 0 bridgehead atoms. The Hall–Kier alpha value is -2.18. The number of carbonyl (C=O) groups is 1. The van der Waals surface area contributed by atoms with Crippen molar-refractivity contribution in [3.05, 3.63) is 64.2 Å². The predicted octanol–water partition coefficient (Wildman–Crippen LogP) is 3.35. The molecule has 6 heteroatoms. The summed E-state index contributed by atoms with van der Waals surface area (Å²) in [6.07, 6.45) is 0. The van der Waals surface area contributed by atoms with Gasteiger partial charge in [-0.15, -0.1) is 0 Å².